The highest BCUT2D eigenvalue weighted by Gasteiger charge is 2.36. The van der Waals surface area contributed by atoms with Crippen molar-refractivity contribution in [2.24, 2.45) is 5.92 Å². The van der Waals surface area contributed by atoms with Crippen LogP contribution in [0.1, 0.15) is 60.3 Å². The van der Waals surface area contributed by atoms with Gasteiger partial charge in [0.2, 0.25) is 5.91 Å². The predicted octanol–water partition coefficient (Wildman–Crippen LogP) is 3.04. The molecule has 0 radical (unpaired) electrons. The fraction of sp³-hybridized carbons (Fsp3) is 0.750. The number of ether oxygens (including phenoxy) is 2. The quantitative estimate of drug-likeness (QED) is 0.540. The van der Waals surface area contributed by atoms with Crippen molar-refractivity contribution in [2.75, 3.05) is 13.2 Å². The number of carbonyl (C=O) groups is 3. The lowest BCUT2D eigenvalue weighted by molar-refractivity contribution is -0.148. The number of carbonyl (C=O) groups excluding carboxylic acids is 3. The molecule has 1 saturated heterocycles. The van der Waals surface area contributed by atoms with Crippen LogP contribution in [-0.4, -0.2) is 53.7 Å². The summed E-state index contributed by atoms with van der Waals surface area (Å²) in [6, 6.07) is -1.39. The molecule has 7 nitrogen and oxygen atoms in total. The average Bonchev–Trinajstić information content (AvgIpc) is 2.57. The molecule has 0 bridgehead atoms. The fourth-order valence-corrected chi connectivity index (χ4v) is 2.94. The van der Waals surface area contributed by atoms with E-state index < -0.39 is 29.7 Å². The topological polar surface area (TPSA) is 84.9 Å². The first-order valence-corrected chi connectivity index (χ1v) is 9.62. The Kier molecular flexibility index (Phi) is 8.79. The number of likely N-dealkylation sites (tertiary alicyclic amines) is 1. The molecular weight excluding hydrogens is 348 g/mol. The molecule has 27 heavy (non-hydrogen) atoms. The van der Waals surface area contributed by atoms with Crippen LogP contribution in [0.15, 0.2) is 12.7 Å². The van der Waals surface area contributed by atoms with Gasteiger partial charge in [0.15, 0.2) is 0 Å². The van der Waals surface area contributed by atoms with E-state index in [-0.39, 0.29) is 18.4 Å². The van der Waals surface area contributed by atoms with E-state index in [1.165, 1.54) is 11.0 Å². The summed E-state index contributed by atoms with van der Waals surface area (Å²) >= 11 is 0. The van der Waals surface area contributed by atoms with Crippen LogP contribution in [0, 0.1) is 5.92 Å². The summed E-state index contributed by atoms with van der Waals surface area (Å²) in [5, 5.41) is 2.78. The lowest BCUT2D eigenvalue weighted by atomic mass is 10.00. The van der Waals surface area contributed by atoms with E-state index in [1.807, 2.05) is 13.8 Å². The van der Waals surface area contributed by atoms with E-state index in [9.17, 15) is 14.4 Å². The standard InChI is InChI=1S/C20H34N2O5/c1-7-12-26-18(24)15(13-14(2)3)21-17(23)16-10-8-9-11-22(16)19(25)27-20(4,5)6/h7,14-16H,1,8-13H2,2-6H3,(H,21,23)/t15-,16-/m0/s1. The summed E-state index contributed by atoms with van der Waals surface area (Å²) in [5.41, 5.74) is -0.635. The van der Waals surface area contributed by atoms with Crippen molar-refractivity contribution in [3.05, 3.63) is 12.7 Å². The van der Waals surface area contributed by atoms with Crippen LogP contribution in [-0.2, 0) is 19.1 Å². The van der Waals surface area contributed by atoms with Crippen molar-refractivity contribution in [3.63, 3.8) is 0 Å². The second kappa shape index (κ2) is 10.3. The first-order chi connectivity index (χ1) is 12.5. The minimum absolute atomic E-state index is 0.0940. The van der Waals surface area contributed by atoms with Crippen LogP contribution in [0.2, 0.25) is 0 Å². The molecule has 2 amide bonds. The van der Waals surface area contributed by atoms with Crippen molar-refractivity contribution in [1.82, 2.24) is 10.2 Å². The Balaban J connectivity index is 2.85. The Morgan fingerprint density at radius 2 is 1.93 bits per heavy atom. The highest BCUT2D eigenvalue weighted by atomic mass is 16.6. The van der Waals surface area contributed by atoms with Crippen LogP contribution in [0.3, 0.4) is 0 Å². The largest absolute Gasteiger partial charge is 0.460 e. The van der Waals surface area contributed by atoms with Gasteiger partial charge in [0.1, 0.15) is 24.3 Å². The molecule has 2 atom stereocenters. The fourth-order valence-electron chi connectivity index (χ4n) is 2.94. The molecule has 1 aliphatic heterocycles. The molecule has 0 aromatic rings. The molecule has 7 heteroatoms. The summed E-state index contributed by atoms with van der Waals surface area (Å²) in [6.45, 7) is 13.4. The molecule has 0 unspecified atom stereocenters. The van der Waals surface area contributed by atoms with E-state index in [2.05, 4.69) is 11.9 Å². The summed E-state index contributed by atoms with van der Waals surface area (Å²) in [6.07, 6.45) is 3.64. The summed E-state index contributed by atoms with van der Waals surface area (Å²) in [7, 11) is 0. The Hall–Kier alpha value is -2.05. The monoisotopic (exact) mass is 382 g/mol. The zero-order chi connectivity index (χ0) is 20.6. The number of piperidine rings is 1. The second-order valence-electron chi connectivity index (χ2n) is 8.29. The van der Waals surface area contributed by atoms with Crippen molar-refractivity contribution in [2.45, 2.75) is 78.0 Å². The molecule has 0 aromatic heterocycles. The minimum Gasteiger partial charge on any atom is -0.460 e. The molecule has 0 aliphatic carbocycles. The lowest BCUT2D eigenvalue weighted by Crippen LogP contribution is -2.56. The van der Waals surface area contributed by atoms with Crippen LogP contribution < -0.4 is 5.32 Å². The first-order valence-electron chi connectivity index (χ1n) is 9.62. The number of nitrogens with zero attached hydrogens (tertiary/aromatic N) is 1. The molecule has 0 saturated carbocycles. The number of nitrogens with one attached hydrogen (secondary N) is 1. The zero-order valence-electron chi connectivity index (χ0n) is 17.2. The summed E-state index contributed by atoms with van der Waals surface area (Å²) < 4.78 is 10.5. The second-order valence-corrected chi connectivity index (χ2v) is 8.29. The molecule has 1 aliphatic rings. The van der Waals surface area contributed by atoms with Crippen molar-refractivity contribution in [1.29, 1.82) is 0 Å². The van der Waals surface area contributed by atoms with Gasteiger partial charge in [-0.05, 0) is 52.4 Å². The number of hydrogen-bond donors (Lipinski definition) is 1. The molecule has 0 spiro atoms. The average molecular weight is 383 g/mol. The summed E-state index contributed by atoms with van der Waals surface area (Å²) in [5.74, 6) is -0.641. The third-order valence-electron chi connectivity index (χ3n) is 4.09. The summed E-state index contributed by atoms with van der Waals surface area (Å²) in [4.78, 5) is 39.1. The Bertz CT molecular complexity index is 539. The maximum atomic E-state index is 12.9. The van der Waals surface area contributed by atoms with Gasteiger partial charge in [-0.3, -0.25) is 9.69 Å². The third kappa shape index (κ3) is 8.01. The smallest absolute Gasteiger partial charge is 0.410 e. The van der Waals surface area contributed by atoms with Crippen LogP contribution in [0.4, 0.5) is 4.79 Å². The third-order valence-corrected chi connectivity index (χ3v) is 4.09. The normalized spacial score (nSPS) is 18.6. The minimum atomic E-state index is -0.750. The van der Waals surface area contributed by atoms with Gasteiger partial charge in [0.25, 0.3) is 0 Å². The van der Waals surface area contributed by atoms with Crippen molar-refractivity contribution in [3.8, 4) is 0 Å². The molecule has 1 heterocycles. The van der Waals surface area contributed by atoms with Crippen molar-refractivity contribution < 1.29 is 23.9 Å². The van der Waals surface area contributed by atoms with Crippen molar-refractivity contribution >= 4 is 18.0 Å². The number of amides is 2. The van der Waals surface area contributed by atoms with E-state index in [1.54, 1.807) is 20.8 Å². The van der Waals surface area contributed by atoms with Crippen LogP contribution in [0.5, 0.6) is 0 Å². The van der Waals surface area contributed by atoms with Gasteiger partial charge in [-0.15, -0.1) is 0 Å². The van der Waals surface area contributed by atoms with Gasteiger partial charge < -0.3 is 14.8 Å². The Morgan fingerprint density at radius 3 is 2.48 bits per heavy atom. The molecule has 154 valence electrons. The first kappa shape index (κ1) is 23.0. The Labute approximate surface area is 162 Å². The Morgan fingerprint density at radius 1 is 1.26 bits per heavy atom. The lowest BCUT2D eigenvalue weighted by Gasteiger charge is -2.36. The number of rotatable bonds is 7. The van der Waals surface area contributed by atoms with Crippen LogP contribution >= 0.6 is 0 Å². The highest BCUT2D eigenvalue weighted by molar-refractivity contribution is 5.89. The maximum absolute atomic E-state index is 12.9. The van der Waals surface area contributed by atoms with Gasteiger partial charge in [-0.25, -0.2) is 9.59 Å². The predicted molar refractivity (Wildman–Crippen MR) is 103 cm³/mol. The van der Waals surface area contributed by atoms with Gasteiger partial charge >= 0.3 is 12.1 Å². The molecule has 1 rings (SSSR count). The van der Waals surface area contributed by atoms with Gasteiger partial charge in [0, 0.05) is 6.54 Å². The van der Waals surface area contributed by atoms with E-state index in [0.717, 1.165) is 12.8 Å². The highest BCUT2D eigenvalue weighted by Crippen LogP contribution is 2.21. The van der Waals surface area contributed by atoms with E-state index >= 15 is 0 Å². The zero-order valence-corrected chi connectivity index (χ0v) is 17.2. The number of esters is 1. The van der Waals surface area contributed by atoms with Crippen LogP contribution in [0.25, 0.3) is 0 Å². The molecule has 1 fully saturated rings. The SMILES string of the molecule is C=CCOC(=O)[C@H](CC(C)C)NC(=O)[C@@H]1CCCCN1C(=O)OC(C)(C)C. The van der Waals surface area contributed by atoms with E-state index in [4.69, 9.17) is 9.47 Å². The molecular formula is C20H34N2O5. The van der Waals surface area contributed by atoms with Gasteiger partial charge in [-0.2, -0.15) is 0 Å². The van der Waals surface area contributed by atoms with Gasteiger partial charge in [0.05, 0.1) is 0 Å². The number of hydrogen-bond acceptors (Lipinski definition) is 5. The van der Waals surface area contributed by atoms with Gasteiger partial charge in [-0.1, -0.05) is 26.5 Å². The van der Waals surface area contributed by atoms with E-state index in [0.29, 0.717) is 19.4 Å². The molecule has 1 N–H and O–H groups in total. The molecule has 0 aromatic carbocycles. The maximum Gasteiger partial charge on any atom is 0.410 e.